The van der Waals surface area contributed by atoms with E-state index in [1.165, 1.54) is 0 Å². The molecular formula is C21H26N4O3S. The lowest BCUT2D eigenvalue weighted by Gasteiger charge is -2.35. The molecule has 1 saturated heterocycles. The van der Waals surface area contributed by atoms with E-state index in [-0.39, 0.29) is 11.3 Å². The van der Waals surface area contributed by atoms with Crippen LogP contribution in [0.25, 0.3) is 22.0 Å². The van der Waals surface area contributed by atoms with E-state index in [1.54, 1.807) is 43.1 Å². The maximum absolute atomic E-state index is 12.6. The number of sulfone groups is 1. The summed E-state index contributed by atoms with van der Waals surface area (Å²) >= 11 is 0. The number of aryl methyl sites for hydroxylation is 1. The molecular weight excluding hydrogens is 388 g/mol. The van der Waals surface area contributed by atoms with Crippen molar-refractivity contribution in [1.29, 1.82) is 0 Å². The van der Waals surface area contributed by atoms with Gasteiger partial charge in [-0.05, 0) is 31.3 Å². The van der Waals surface area contributed by atoms with Crippen LogP contribution in [0.4, 0.5) is 5.69 Å². The average molecular weight is 415 g/mol. The van der Waals surface area contributed by atoms with Gasteiger partial charge >= 0.3 is 0 Å². The van der Waals surface area contributed by atoms with Crippen LogP contribution in [0.2, 0.25) is 0 Å². The van der Waals surface area contributed by atoms with E-state index in [0.717, 1.165) is 48.4 Å². The molecule has 0 aliphatic carbocycles. The summed E-state index contributed by atoms with van der Waals surface area (Å²) in [5.74, 6) is 0.0487. The fourth-order valence-electron chi connectivity index (χ4n) is 3.90. The molecule has 0 atom stereocenters. The molecule has 7 nitrogen and oxygen atoms in total. The highest BCUT2D eigenvalue weighted by molar-refractivity contribution is 7.91. The van der Waals surface area contributed by atoms with E-state index in [2.05, 4.69) is 21.8 Å². The van der Waals surface area contributed by atoms with Crippen LogP contribution in [-0.4, -0.2) is 61.8 Å². The molecule has 1 aliphatic rings. The Balaban J connectivity index is 1.97. The molecule has 8 heteroatoms. The van der Waals surface area contributed by atoms with Crippen molar-refractivity contribution in [3.05, 3.63) is 47.0 Å². The first-order chi connectivity index (χ1) is 13.8. The quantitative estimate of drug-likeness (QED) is 0.707. The molecule has 0 spiro atoms. The maximum atomic E-state index is 12.6. The first-order valence-electron chi connectivity index (χ1n) is 9.79. The number of hydrogen-bond acceptors (Lipinski definition) is 5. The normalized spacial score (nSPS) is 15.9. The Morgan fingerprint density at radius 2 is 1.76 bits per heavy atom. The van der Waals surface area contributed by atoms with Gasteiger partial charge in [-0.25, -0.2) is 8.42 Å². The number of aromatic amines is 1. The van der Waals surface area contributed by atoms with Crippen LogP contribution in [0.5, 0.6) is 0 Å². The molecule has 0 amide bonds. The number of anilines is 1. The first kappa shape index (κ1) is 19.7. The number of likely N-dealkylation sites (N-methyl/N-ethyl adjacent to an activating group) is 1. The highest BCUT2D eigenvalue weighted by Gasteiger charge is 2.22. The second-order valence-electron chi connectivity index (χ2n) is 7.60. The zero-order valence-corrected chi connectivity index (χ0v) is 17.8. The van der Waals surface area contributed by atoms with Crippen LogP contribution in [0.15, 0.2) is 46.3 Å². The molecule has 0 unspecified atom stereocenters. The van der Waals surface area contributed by atoms with E-state index in [4.69, 9.17) is 0 Å². The summed E-state index contributed by atoms with van der Waals surface area (Å²) in [5.41, 5.74) is 3.11. The fourth-order valence-corrected chi connectivity index (χ4v) is 4.80. The van der Waals surface area contributed by atoms with Crippen LogP contribution in [0.1, 0.15) is 6.92 Å². The highest BCUT2D eigenvalue weighted by atomic mass is 32.2. The van der Waals surface area contributed by atoms with Crippen molar-refractivity contribution in [2.24, 2.45) is 7.05 Å². The van der Waals surface area contributed by atoms with E-state index in [0.29, 0.717) is 10.4 Å². The first-order valence-corrected chi connectivity index (χ1v) is 11.4. The molecule has 154 valence electrons. The van der Waals surface area contributed by atoms with Gasteiger partial charge in [0.1, 0.15) is 5.52 Å². The van der Waals surface area contributed by atoms with E-state index >= 15 is 0 Å². The van der Waals surface area contributed by atoms with Gasteiger partial charge < -0.3 is 19.4 Å². The number of aromatic nitrogens is 2. The highest BCUT2D eigenvalue weighted by Crippen LogP contribution is 2.37. The lowest BCUT2D eigenvalue weighted by molar-refractivity contribution is 0.313. The Kier molecular flexibility index (Phi) is 5.00. The van der Waals surface area contributed by atoms with Gasteiger partial charge in [0, 0.05) is 67.8 Å². The third-order valence-corrected chi connectivity index (χ3v) is 7.47. The van der Waals surface area contributed by atoms with E-state index in [9.17, 15) is 13.2 Å². The Hall–Kier alpha value is -2.58. The Labute approximate surface area is 170 Å². The number of nitrogens with one attached hydrogen (secondary N) is 1. The predicted molar refractivity (Wildman–Crippen MR) is 116 cm³/mol. The van der Waals surface area contributed by atoms with Gasteiger partial charge in [-0.2, -0.15) is 0 Å². The zero-order chi connectivity index (χ0) is 20.8. The number of pyridine rings is 1. The van der Waals surface area contributed by atoms with Crippen molar-refractivity contribution >= 4 is 26.4 Å². The maximum Gasteiger partial charge on any atom is 0.274 e. The molecule has 1 aliphatic heterocycles. The predicted octanol–water partition coefficient (Wildman–Crippen LogP) is 2.08. The topological polar surface area (TPSA) is 78.4 Å². The Bertz CT molecular complexity index is 1220. The Morgan fingerprint density at radius 1 is 1.03 bits per heavy atom. The number of piperazine rings is 1. The smallest absolute Gasteiger partial charge is 0.274 e. The summed E-state index contributed by atoms with van der Waals surface area (Å²) in [7, 11) is 0.473. The molecule has 3 aromatic rings. The van der Waals surface area contributed by atoms with Crippen LogP contribution >= 0.6 is 0 Å². The molecule has 0 saturated carbocycles. The van der Waals surface area contributed by atoms with Crippen LogP contribution in [0, 0.1) is 0 Å². The van der Waals surface area contributed by atoms with E-state index in [1.807, 2.05) is 12.1 Å². The number of rotatable bonds is 4. The third kappa shape index (κ3) is 3.47. The van der Waals surface area contributed by atoms with Crippen molar-refractivity contribution in [2.75, 3.05) is 43.9 Å². The number of hydrogen-bond donors (Lipinski definition) is 1. The monoisotopic (exact) mass is 414 g/mol. The second kappa shape index (κ2) is 7.35. The summed E-state index contributed by atoms with van der Waals surface area (Å²) in [4.78, 5) is 20.4. The lowest BCUT2D eigenvalue weighted by Crippen LogP contribution is -2.44. The van der Waals surface area contributed by atoms with Crippen LogP contribution in [0.3, 0.4) is 0 Å². The summed E-state index contributed by atoms with van der Waals surface area (Å²) < 4.78 is 26.7. The molecule has 4 rings (SSSR count). The summed E-state index contributed by atoms with van der Waals surface area (Å²) in [6, 6.07) is 7.25. The van der Waals surface area contributed by atoms with Gasteiger partial charge in [0.2, 0.25) is 0 Å². The average Bonchev–Trinajstić information content (AvgIpc) is 3.21. The second-order valence-corrected chi connectivity index (χ2v) is 9.88. The molecule has 1 aromatic carbocycles. The molecule has 1 N–H and O–H groups in total. The van der Waals surface area contributed by atoms with Crippen molar-refractivity contribution in [3.8, 4) is 11.1 Å². The Morgan fingerprint density at radius 3 is 2.45 bits per heavy atom. The molecule has 3 heterocycles. The lowest BCUT2D eigenvalue weighted by atomic mass is 10.0. The third-order valence-electron chi connectivity index (χ3n) is 5.74. The minimum atomic E-state index is -3.35. The van der Waals surface area contributed by atoms with Gasteiger partial charge in [-0.3, -0.25) is 4.79 Å². The van der Waals surface area contributed by atoms with Gasteiger partial charge in [0.05, 0.1) is 10.6 Å². The molecule has 29 heavy (non-hydrogen) atoms. The van der Waals surface area contributed by atoms with Gasteiger partial charge in [0.15, 0.2) is 9.84 Å². The van der Waals surface area contributed by atoms with Gasteiger partial charge in [-0.1, -0.05) is 6.92 Å². The van der Waals surface area contributed by atoms with Crippen molar-refractivity contribution in [1.82, 2.24) is 14.5 Å². The van der Waals surface area contributed by atoms with Crippen LogP contribution < -0.4 is 10.5 Å². The number of H-pyrrole nitrogens is 1. The van der Waals surface area contributed by atoms with Gasteiger partial charge in [0.25, 0.3) is 5.56 Å². The largest absolute Gasteiger partial charge is 0.368 e. The van der Waals surface area contributed by atoms with Crippen molar-refractivity contribution < 1.29 is 8.42 Å². The minimum absolute atomic E-state index is 0.0487. The summed E-state index contributed by atoms with van der Waals surface area (Å²) in [6.07, 6.45) is 3.55. The molecule has 2 aromatic heterocycles. The zero-order valence-electron chi connectivity index (χ0n) is 17.0. The van der Waals surface area contributed by atoms with Crippen molar-refractivity contribution in [3.63, 3.8) is 0 Å². The van der Waals surface area contributed by atoms with Crippen LogP contribution in [-0.2, 0) is 16.9 Å². The fraction of sp³-hybridized carbons (Fsp3) is 0.381. The molecule has 0 bridgehead atoms. The summed E-state index contributed by atoms with van der Waals surface area (Å²) in [5, 5.41) is 0.800. The number of benzene rings is 1. The van der Waals surface area contributed by atoms with Gasteiger partial charge in [-0.15, -0.1) is 0 Å². The minimum Gasteiger partial charge on any atom is -0.368 e. The standard InChI is InChI=1S/C21H26N4O3S/c1-4-29(27,28)15-5-6-19(25-11-9-23(2)10-12-25)17(13-15)18-14-24(3)21(26)20-16(18)7-8-22-20/h5-8,13-14,22H,4,9-12H2,1-3H3. The van der Waals surface area contributed by atoms with E-state index < -0.39 is 9.84 Å². The summed E-state index contributed by atoms with van der Waals surface area (Å²) in [6.45, 7) is 5.28. The molecule has 1 fully saturated rings. The molecule has 0 radical (unpaired) electrons. The SMILES string of the molecule is CCS(=O)(=O)c1ccc(N2CCN(C)CC2)c(-c2cn(C)c(=O)c3[nH]ccc23)c1. The number of fused-ring (bicyclic) bond motifs is 1. The number of nitrogens with zero attached hydrogens (tertiary/aromatic N) is 3. The van der Waals surface area contributed by atoms with Crippen molar-refractivity contribution in [2.45, 2.75) is 11.8 Å².